The molecule has 10 rings (SSSR count). The van der Waals surface area contributed by atoms with E-state index in [4.69, 9.17) is 9.97 Å². The van der Waals surface area contributed by atoms with Crippen LogP contribution in [0.1, 0.15) is 0 Å². The fraction of sp³-hybridized carbons (Fsp3) is 0. The van der Waals surface area contributed by atoms with Gasteiger partial charge in [0, 0.05) is 21.7 Å². The van der Waals surface area contributed by atoms with E-state index in [0.29, 0.717) is 5.95 Å². The number of hydrogen-bond donors (Lipinski definition) is 0. The summed E-state index contributed by atoms with van der Waals surface area (Å²) in [7, 11) is 0. The Kier molecular flexibility index (Phi) is 6.81. The molecule has 2 aromatic heterocycles. The molecule has 0 bridgehead atoms. The van der Waals surface area contributed by atoms with Crippen molar-refractivity contribution in [2.75, 3.05) is 0 Å². The minimum Gasteiger partial charge on any atom is -0.278 e. The molecule has 0 fully saturated rings. The van der Waals surface area contributed by atoms with E-state index in [1.807, 2.05) is 6.07 Å². The topological polar surface area (TPSA) is 30.7 Å². The van der Waals surface area contributed by atoms with Gasteiger partial charge in [-0.25, -0.2) is 9.97 Å². The second kappa shape index (κ2) is 11.9. The van der Waals surface area contributed by atoms with Crippen molar-refractivity contribution in [3.8, 4) is 50.6 Å². The average Bonchev–Trinajstić information content (AvgIpc) is 3.55. The Bertz CT molecular complexity index is 2830. The summed E-state index contributed by atoms with van der Waals surface area (Å²) < 4.78 is 2.26. The maximum Gasteiger partial charge on any atom is 0.235 e. The van der Waals surface area contributed by atoms with E-state index in [2.05, 4.69) is 187 Å². The standard InChI is InChI=1S/C48H31N3/c1-4-14-32(15-5-1)37-28-38(33-16-6-2-7-17-33)30-39(29-37)36-24-26-42-45(31-36)51(44-27-25-34-18-10-11-21-40(34)46(42)44)48-49-43-23-13-12-22-41(43)47(50-48)35-19-8-3-9-20-35/h1-31H. The molecule has 0 amide bonds. The van der Waals surface area contributed by atoms with Crippen LogP contribution in [0.4, 0.5) is 0 Å². The molecule has 0 spiro atoms. The van der Waals surface area contributed by atoms with Crippen molar-refractivity contribution < 1.29 is 0 Å². The average molecular weight is 650 g/mol. The van der Waals surface area contributed by atoms with Crippen molar-refractivity contribution in [2.45, 2.75) is 0 Å². The second-order valence-electron chi connectivity index (χ2n) is 13.0. The first-order valence-corrected chi connectivity index (χ1v) is 17.3. The molecule has 8 aromatic carbocycles. The fourth-order valence-electron chi connectivity index (χ4n) is 7.55. The summed E-state index contributed by atoms with van der Waals surface area (Å²) in [6.07, 6.45) is 0. The number of nitrogens with zero attached hydrogens (tertiary/aromatic N) is 3. The molecule has 3 nitrogen and oxygen atoms in total. The third kappa shape index (κ3) is 4.98. The van der Waals surface area contributed by atoms with E-state index in [1.54, 1.807) is 0 Å². The van der Waals surface area contributed by atoms with Gasteiger partial charge in [0.1, 0.15) is 0 Å². The van der Waals surface area contributed by atoms with Gasteiger partial charge in [0.25, 0.3) is 0 Å². The largest absolute Gasteiger partial charge is 0.278 e. The van der Waals surface area contributed by atoms with E-state index in [-0.39, 0.29) is 0 Å². The molecule has 0 saturated carbocycles. The van der Waals surface area contributed by atoms with Crippen molar-refractivity contribution in [2.24, 2.45) is 0 Å². The van der Waals surface area contributed by atoms with Crippen LogP contribution in [0.5, 0.6) is 0 Å². The van der Waals surface area contributed by atoms with Gasteiger partial charge in [-0.2, -0.15) is 0 Å². The monoisotopic (exact) mass is 649 g/mol. The number of benzene rings is 8. The maximum absolute atomic E-state index is 5.36. The predicted octanol–water partition coefficient (Wildman–Crippen LogP) is 12.5. The Morgan fingerprint density at radius 3 is 1.59 bits per heavy atom. The molecule has 51 heavy (non-hydrogen) atoms. The van der Waals surface area contributed by atoms with E-state index in [1.165, 1.54) is 43.8 Å². The zero-order valence-corrected chi connectivity index (χ0v) is 27.7. The van der Waals surface area contributed by atoms with Crippen LogP contribution < -0.4 is 0 Å². The minimum absolute atomic E-state index is 0.656. The highest BCUT2D eigenvalue weighted by molar-refractivity contribution is 6.21. The lowest BCUT2D eigenvalue weighted by Crippen LogP contribution is -2.03. The fourth-order valence-corrected chi connectivity index (χ4v) is 7.55. The summed E-state index contributed by atoms with van der Waals surface area (Å²) in [6.45, 7) is 0. The number of hydrogen-bond acceptors (Lipinski definition) is 2. The minimum atomic E-state index is 0.656. The van der Waals surface area contributed by atoms with Crippen LogP contribution in [0.15, 0.2) is 188 Å². The molecule has 2 heterocycles. The van der Waals surface area contributed by atoms with E-state index < -0.39 is 0 Å². The summed E-state index contributed by atoms with van der Waals surface area (Å²) in [4.78, 5) is 10.6. The zero-order chi connectivity index (χ0) is 33.7. The Labute approximate surface area is 295 Å². The normalized spacial score (nSPS) is 11.5. The SMILES string of the molecule is c1ccc(-c2cc(-c3ccccc3)cc(-c3ccc4c5c6ccccc6ccc5n(-c5nc(-c6ccccc6)c6ccccc6n5)c4c3)c2)cc1. The Hall–Kier alpha value is -6.84. The summed E-state index contributed by atoms with van der Waals surface area (Å²) in [5.74, 6) is 0.656. The van der Waals surface area contributed by atoms with Gasteiger partial charge in [0.2, 0.25) is 5.95 Å². The highest BCUT2D eigenvalue weighted by Crippen LogP contribution is 2.40. The van der Waals surface area contributed by atoms with Crippen LogP contribution in [0.2, 0.25) is 0 Å². The Morgan fingerprint density at radius 1 is 0.333 bits per heavy atom. The van der Waals surface area contributed by atoms with Gasteiger partial charge in [0.15, 0.2) is 0 Å². The van der Waals surface area contributed by atoms with Gasteiger partial charge >= 0.3 is 0 Å². The molecule has 0 aliphatic carbocycles. The third-order valence-electron chi connectivity index (χ3n) is 9.98. The summed E-state index contributed by atoms with van der Waals surface area (Å²) in [5, 5.41) is 5.83. The molecule has 0 aliphatic rings. The van der Waals surface area contributed by atoms with Crippen molar-refractivity contribution in [1.29, 1.82) is 0 Å². The Morgan fingerprint density at radius 2 is 0.902 bits per heavy atom. The molecule has 0 radical (unpaired) electrons. The quantitative estimate of drug-likeness (QED) is 0.186. The first kappa shape index (κ1) is 29.1. The molecular formula is C48H31N3. The van der Waals surface area contributed by atoms with Crippen molar-refractivity contribution in [1.82, 2.24) is 14.5 Å². The smallest absolute Gasteiger partial charge is 0.235 e. The van der Waals surface area contributed by atoms with Gasteiger partial charge in [-0.3, -0.25) is 4.57 Å². The first-order valence-electron chi connectivity index (χ1n) is 17.3. The van der Waals surface area contributed by atoms with Crippen molar-refractivity contribution in [3.63, 3.8) is 0 Å². The summed E-state index contributed by atoms with van der Waals surface area (Å²) >= 11 is 0. The molecule has 0 aliphatic heterocycles. The van der Waals surface area contributed by atoms with E-state index in [9.17, 15) is 0 Å². The molecule has 0 unspecified atom stereocenters. The molecule has 10 aromatic rings. The van der Waals surface area contributed by atoms with Gasteiger partial charge in [-0.1, -0.05) is 152 Å². The van der Waals surface area contributed by atoms with Gasteiger partial charge in [-0.15, -0.1) is 0 Å². The number of rotatable bonds is 5. The number of para-hydroxylation sites is 1. The lowest BCUT2D eigenvalue weighted by molar-refractivity contribution is 1.01. The van der Waals surface area contributed by atoms with Crippen LogP contribution in [-0.2, 0) is 0 Å². The van der Waals surface area contributed by atoms with Gasteiger partial charge in [0.05, 0.1) is 22.2 Å². The predicted molar refractivity (Wildman–Crippen MR) is 213 cm³/mol. The molecule has 0 saturated heterocycles. The molecule has 0 atom stereocenters. The van der Waals surface area contributed by atoms with Gasteiger partial charge in [-0.05, 0) is 80.6 Å². The number of aromatic nitrogens is 3. The summed E-state index contributed by atoms with van der Waals surface area (Å²) in [6, 6.07) is 66.9. The van der Waals surface area contributed by atoms with Crippen LogP contribution >= 0.6 is 0 Å². The van der Waals surface area contributed by atoms with Crippen LogP contribution in [0, 0.1) is 0 Å². The summed E-state index contributed by atoms with van der Waals surface area (Å²) in [5.41, 5.74) is 12.1. The van der Waals surface area contributed by atoms with Crippen LogP contribution in [0.25, 0.3) is 94.1 Å². The molecule has 238 valence electrons. The van der Waals surface area contributed by atoms with Crippen LogP contribution in [0.3, 0.4) is 0 Å². The van der Waals surface area contributed by atoms with Crippen molar-refractivity contribution in [3.05, 3.63) is 188 Å². The zero-order valence-electron chi connectivity index (χ0n) is 27.7. The molecule has 3 heteroatoms. The third-order valence-corrected chi connectivity index (χ3v) is 9.98. The van der Waals surface area contributed by atoms with E-state index in [0.717, 1.165) is 44.3 Å². The number of fused-ring (bicyclic) bond motifs is 6. The highest BCUT2D eigenvalue weighted by atomic mass is 15.2. The van der Waals surface area contributed by atoms with E-state index >= 15 is 0 Å². The van der Waals surface area contributed by atoms with Gasteiger partial charge < -0.3 is 0 Å². The lowest BCUT2D eigenvalue weighted by Gasteiger charge is -2.13. The first-order chi connectivity index (χ1) is 25.3. The maximum atomic E-state index is 5.36. The lowest BCUT2D eigenvalue weighted by atomic mass is 9.93. The van der Waals surface area contributed by atoms with Crippen LogP contribution in [-0.4, -0.2) is 14.5 Å². The Balaban J connectivity index is 1.28. The molecular weight excluding hydrogens is 619 g/mol. The molecule has 0 N–H and O–H groups in total. The van der Waals surface area contributed by atoms with Crippen molar-refractivity contribution >= 4 is 43.5 Å². The second-order valence-corrected chi connectivity index (χ2v) is 13.0. The highest BCUT2D eigenvalue weighted by Gasteiger charge is 2.20.